The Hall–Kier alpha value is -0.980. The Morgan fingerprint density at radius 3 is 2.08 bits per heavy atom. The van der Waals surface area contributed by atoms with Crippen LogP contribution >= 0.6 is 12.2 Å². The van der Waals surface area contributed by atoms with E-state index in [0.29, 0.717) is 10.8 Å². The first-order chi connectivity index (χ1) is 12.2. The molecule has 0 saturated heterocycles. The fourth-order valence-electron chi connectivity index (χ4n) is 5.29. The average Bonchev–Trinajstić information content (AvgIpc) is 2.67. The number of thiocarbonyl (C=S) groups is 1. The third-order valence-corrected chi connectivity index (χ3v) is 7.21. The molecule has 3 aliphatic rings. The van der Waals surface area contributed by atoms with E-state index in [2.05, 4.69) is 41.3 Å². The molecule has 0 aliphatic heterocycles. The molecule has 3 aliphatic carbocycles. The smallest absolute Gasteiger partial charge is 0.0739 e. The third-order valence-electron chi connectivity index (χ3n) is 7.12. The van der Waals surface area contributed by atoms with E-state index in [4.69, 9.17) is 12.2 Å². The highest BCUT2D eigenvalue weighted by Crippen LogP contribution is 2.59. The highest BCUT2D eigenvalue weighted by Gasteiger charge is 2.48. The minimum Gasteiger partial charge on any atom is -0.195 e. The van der Waals surface area contributed by atoms with E-state index >= 15 is 0 Å². The van der Waals surface area contributed by atoms with Gasteiger partial charge in [-0.3, -0.25) is 0 Å². The van der Waals surface area contributed by atoms with Gasteiger partial charge in [-0.15, -0.1) is 0 Å². The number of unbranched alkanes of at least 4 members (excludes halogenated alkanes) is 5. The van der Waals surface area contributed by atoms with Gasteiger partial charge in [-0.25, -0.2) is 0 Å². The lowest BCUT2D eigenvalue weighted by Gasteiger charge is -2.54. The Balaban J connectivity index is 1.52. The predicted octanol–water partition coefficient (Wildman–Crippen LogP) is 7.76. The van der Waals surface area contributed by atoms with Crippen molar-refractivity contribution in [3.63, 3.8) is 0 Å². The van der Waals surface area contributed by atoms with Gasteiger partial charge in [0.1, 0.15) is 0 Å². The second-order valence-corrected chi connectivity index (χ2v) is 8.73. The van der Waals surface area contributed by atoms with Crippen LogP contribution in [0.25, 0.3) is 0 Å². The van der Waals surface area contributed by atoms with Crippen molar-refractivity contribution in [1.82, 2.24) is 0 Å². The van der Waals surface area contributed by atoms with Gasteiger partial charge in [0.15, 0.2) is 0 Å². The van der Waals surface area contributed by atoms with Crippen molar-refractivity contribution < 1.29 is 0 Å². The van der Waals surface area contributed by atoms with Gasteiger partial charge in [0, 0.05) is 0 Å². The zero-order chi connectivity index (χ0) is 17.6. The van der Waals surface area contributed by atoms with E-state index in [1.165, 1.54) is 89.0 Å². The van der Waals surface area contributed by atoms with Crippen molar-refractivity contribution in [1.29, 1.82) is 0 Å². The zero-order valence-electron chi connectivity index (χ0n) is 15.9. The summed E-state index contributed by atoms with van der Waals surface area (Å²) in [4.78, 5) is 4.09. The molecule has 0 atom stereocenters. The number of aliphatic imine (C=N–C) groups is 1. The molecule has 0 amide bonds. The van der Waals surface area contributed by atoms with Crippen molar-refractivity contribution in [3.8, 4) is 0 Å². The Morgan fingerprint density at radius 1 is 0.880 bits per heavy atom. The van der Waals surface area contributed by atoms with Crippen LogP contribution in [0.2, 0.25) is 0 Å². The third kappa shape index (κ3) is 4.41. The largest absolute Gasteiger partial charge is 0.195 e. The first kappa shape index (κ1) is 18.8. The monoisotopic (exact) mass is 355 g/mol. The summed E-state index contributed by atoms with van der Waals surface area (Å²) < 4.78 is 0. The van der Waals surface area contributed by atoms with Gasteiger partial charge in [0.2, 0.25) is 0 Å². The molecule has 0 aromatic heterocycles. The van der Waals surface area contributed by atoms with Crippen LogP contribution in [0.3, 0.4) is 0 Å². The maximum absolute atomic E-state index is 4.70. The van der Waals surface area contributed by atoms with Crippen molar-refractivity contribution in [2.24, 2.45) is 10.4 Å². The SMILES string of the molecule is CCCCCCCCC12CCC(c3ccc(N=C=S)cc3)(CC1)CC2. The predicted molar refractivity (Wildman–Crippen MR) is 111 cm³/mol. The summed E-state index contributed by atoms with van der Waals surface area (Å²) in [7, 11) is 0. The van der Waals surface area contributed by atoms with Crippen LogP contribution in [0.5, 0.6) is 0 Å². The van der Waals surface area contributed by atoms with E-state index < -0.39 is 0 Å². The van der Waals surface area contributed by atoms with E-state index in [1.807, 2.05) is 0 Å². The molecule has 2 heteroatoms. The second kappa shape index (κ2) is 8.60. The number of isothiocyanates is 1. The molecule has 0 unspecified atom stereocenters. The molecule has 25 heavy (non-hydrogen) atoms. The number of benzene rings is 1. The first-order valence-corrected chi connectivity index (χ1v) is 10.8. The van der Waals surface area contributed by atoms with Crippen molar-refractivity contribution >= 4 is 23.1 Å². The number of hydrogen-bond donors (Lipinski definition) is 0. The van der Waals surface area contributed by atoms with Gasteiger partial charge in [0.25, 0.3) is 0 Å². The molecule has 4 rings (SSSR count). The fraction of sp³-hybridized carbons (Fsp3) is 0.696. The van der Waals surface area contributed by atoms with Crippen LogP contribution in [0, 0.1) is 5.41 Å². The Morgan fingerprint density at radius 2 is 1.48 bits per heavy atom. The van der Waals surface area contributed by atoms with Crippen molar-refractivity contribution in [3.05, 3.63) is 29.8 Å². The van der Waals surface area contributed by atoms with E-state index in [0.717, 1.165) is 5.69 Å². The van der Waals surface area contributed by atoms with Crippen LogP contribution in [0.15, 0.2) is 29.3 Å². The van der Waals surface area contributed by atoms with Gasteiger partial charge in [-0.2, -0.15) is 4.99 Å². The maximum Gasteiger partial charge on any atom is 0.0739 e. The Bertz CT molecular complexity index is 572. The molecule has 1 aromatic carbocycles. The lowest BCUT2D eigenvalue weighted by molar-refractivity contribution is 0.0304. The van der Waals surface area contributed by atoms with Crippen LogP contribution in [0.1, 0.15) is 96.0 Å². The minimum atomic E-state index is 0.447. The highest BCUT2D eigenvalue weighted by molar-refractivity contribution is 7.78. The maximum atomic E-state index is 4.70. The molecule has 0 N–H and O–H groups in total. The van der Waals surface area contributed by atoms with Gasteiger partial charge < -0.3 is 0 Å². The number of hydrogen-bond acceptors (Lipinski definition) is 2. The molecule has 3 saturated carbocycles. The summed E-state index contributed by atoms with van der Waals surface area (Å²) in [5, 5.41) is 2.46. The molecule has 1 aromatic rings. The lowest BCUT2D eigenvalue weighted by atomic mass is 9.51. The number of rotatable bonds is 9. The van der Waals surface area contributed by atoms with E-state index in [-0.39, 0.29) is 0 Å². The Labute approximate surface area is 159 Å². The van der Waals surface area contributed by atoms with E-state index in [9.17, 15) is 0 Å². The normalized spacial score (nSPS) is 27.9. The molecule has 136 valence electrons. The van der Waals surface area contributed by atoms with Crippen LogP contribution in [0.4, 0.5) is 5.69 Å². The summed E-state index contributed by atoms with van der Waals surface area (Å²) in [6.45, 7) is 2.30. The Kier molecular flexibility index (Phi) is 6.47. The topological polar surface area (TPSA) is 12.4 Å². The van der Waals surface area contributed by atoms with Crippen molar-refractivity contribution in [2.45, 2.75) is 95.8 Å². The second-order valence-electron chi connectivity index (χ2n) is 8.55. The van der Waals surface area contributed by atoms with E-state index in [1.54, 1.807) is 0 Å². The first-order valence-electron chi connectivity index (χ1n) is 10.4. The summed E-state index contributed by atoms with van der Waals surface area (Å²) in [6, 6.07) is 8.79. The van der Waals surface area contributed by atoms with Gasteiger partial charge >= 0.3 is 0 Å². The molecule has 2 bridgehead atoms. The minimum absolute atomic E-state index is 0.447. The van der Waals surface area contributed by atoms with Gasteiger partial charge in [-0.1, -0.05) is 57.6 Å². The van der Waals surface area contributed by atoms with Gasteiger partial charge in [0.05, 0.1) is 10.8 Å². The standard InChI is InChI=1S/C23H33NS/c1-2-3-4-5-6-7-12-22-13-16-23(17-14-22,18-15-22)20-8-10-21(11-9-20)24-19-25/h8-11H,2-7,12-18H2,1H3. The molecule has 3 fully saturated rings. The quantitative estimate of drug-likeness (QED) is 0.250. The molecule has 0 radical (unpaired) electrons. The van der Waals surface area contributed by atoms with Crippen LogP contribution in [-0.2, 0) is 5.41 Å². The lowest BCUT2D eigenvalue weighted by Crippen LogP contribution is -2.44. The average molecular weight is 356 g/mol. The summed E-state index contributed by atoms with van der Waals surface area (Å²) in [5.74, 6) is 0. The number of nitrogens with zero attached hydrogens (tertiary/aromatic N) is 1. The van der Waals surface area contributed by atoms with Crippen LogP contribution in [-0.4, -0.2) is 5.16 Å². The van der Waals surface area contributed by atoms with Crippen LogP contribution < -0.4 is 0 Å². The molecular weight excluding hydrogens is 322 g/mol. The summed E-state index contributed by atoms with van der Waals surface area (Å²) >= 11 is 4.70. The highest BCUT2D eigenvalue weighted by atomic mass is 32.1. The van der Waals surface area contributed by atoms with Crippen molar-refractivity contribution in [2.75, 3.05) is 0 Å². The zero-order valence-corrected chi connectivity index (χ0v) is 16.7. The summed E-state index contributed by atoms with van der Waals surface area (Å²) in [6.07, 6.45) is 18.6. The fourth-order valence-corrected chi connectivity index (χ4v) is 5.40. The number of fused-ring (bicyclic) bond motifs is 3. The molecule has 0 heterocycles. The molecule has 0 spiro atoms. The van der Waals surface area contributed by atoms with Gasteiger partial charge in [-0.05, 0) is 85.7 Å². The summed E-state index contributed by atoms with van der Waals surface area (Å²) in [5.41, 5.74) is 3.60. The molecular formula is C23H33NS. The molecule has 1 nitrogen and oxygen atoms in total.